The Balaban J connectivity index is 1.88. The van der Waals surface area contributed by atoms with Crippen LogP contribution in [0, 0.1) is 5.41 Å². The summed E-state index contributed by atoms with van der Waals surface area (Å²) in [6.07, 6.45) is 2.46. The van der Waals surface area contributed by atoms with Crippen LogP contribution in [-0.2, 0) is 30.4 Å². The Morgan fingerprint density at radius 2 is 1.93 bits per heavy atom. The van der Waals surface area contributed by atoms with Crippen LogP contribution in [-0.4, -0.2) is 56.1 Å². The van der Waals surface area contributed by atoms with Gasteiger partial charge < -0.3 is 14.2 Å². The predicted octanol–water partition coefficient (Wildman–Crippen LogP) is 5.64. The summed E-state index contributed by atoms with van der Waals surface area (Å²) in [5, 5.41) is 11.9. The molecule has 0 fully saturated rings. The molecule has 0 unspecified atom stereocenters. The number of aromatic nitrogens is 4. The van der Waals surface area contributed by atoms with Crippen molar-refractivity contribution < 1.29 is 31.5 Å². The number of nitrogens with one attached hydrogen (secondary N) is 1. The number of nitrogens with zero attached hydrogens (tertiary/aromatic N) is 6. The van der Waals surface area contributed by atoms with Crippen molar-refractivity contribution in [3.05, 3.63) is 82.3 Å². The van der Waals surface area contributed by atoms with Gasteiger partial charge in [-0.3, -0.25) is 24.4 Å². The van der Waals surface area contributed by atoms with Crippen LogP contribution in [0.1, 0.15) is 54.5 Å². The van der Waals surface area contributed by atoms with Gasteiger partial charge in [0.1, 0.15) is 5.76 Å². The summed E-state index contributed by atoms with van der Waals surface area (Å²) < 4.78 is 77.2. The Labute approximate surface area is 244 Å². The van der Waals surface area contributed by atoms with Gasteiger partial charge >= 0.3 is 12.7 Å². The Kier molecular flexibility index (Phi) is 9.07. The lowest BCUT2D eigenvalue weighted by atomic mass is 9.87. The van der Waals surface area contributed by atoms with Crippen molar-refractivity contribution in [2.45, 2.75) is 59.0 Å². The van der Waals surface area contributed by atoms with Gasteiger partial charge in [-0.1, -0.05) is 0 Å². The maximum atomic E-state index is 14.1. The fourth-order valence-corrected chi connectivity index (χ4v) is 5.16. The lowest BCUT2D eigenvalue weighted by Gasteiger charge is -2.35. The molecular weight excluding hydrogens is 573 g/mol. The van der Waals surface area contributed by atoms with Gasteiger partial charge in [0.2, 0.25) is 5.62 Å². The molecule has 0 bridgehead atoms. The number of amides is 1. The van der Waals surface area contributed by atoms with E-state index in [4.69, 9.17) is 10.1 Å². The van der Waals surface area contributed by atoms with Gasteiger partial charge in [0.25, 0.3) is 5.91 Å². The molecule has 14 heteroatoms. The molecule has 1 aliphatic heterocycles. The molecule has 43 heavy (non-hydrogen) atoms. The standard InChI is InChI=1S/C29H32F5N7O2/c1-6-19(43-5)14-24(36-4)17(3)40-9-8-20-21(23-16-39(7-2)37-25(23)29(32,33)34)12-18(13-22(20)26(40)42)15-38-10-11-41(27(30)31)28(38)35/h6,10-14,16-17,27,35H,4,7-9,15H2,1-3,5H3/b19-6+,24-14-,35-28?/t17-/m0/s1. The number of alkyl halides is 5. The number of methoxy groups -OCH3 is 1. The summed E-state index contributed by atoms with van der Waals surface area (Å²) in [6, 6.07) is 2.50. The summed E-state index contributed by atoms with van der Waals surface area (Å²) in [5.74, 6) is 0.0683. The molecule has 2 aromatic heterocycles. The van der Waals surface area contributed by atoms with Gasteiger partial charge in [0.15, 0.2) is 5.69 Å². The van der Waals surface area contributed by atoms with E-state index in [9.17, 15) is 26.7 Å². The number of hydrogen-bond acceptors (Lipinski definition) is 5. The topological polar surface area (TPSA) is 93.4 Å². The van der Waals surface area contributed by atoms with Crippen LogP contribution in [0.15, 0.2) is 59.3 Å². The molecule has 0 radical (unpaired) electrons. The van der Waals surface area contributed by atoms with Crippen LogP contribution >= 0.6 is 0 Å². The summed E-state index contributed by atoms with van der Waals surface area (Å²) in [7, 11) is 1.49. The molecule has 1 aromatic carbocycles. The minimum absolute atomic E-state index is 0.136. The van der Waals surface area contributed by atoms with Gasteiger partial charge in [-0.15, -0.1) is 0 Å². The van der Waals surface area contributed by atoms with E-state index < -0.39 is 36.0 Å². The van der Waals surface area contributed by atoms with Gasteiger partial charge in [-0.2, -0.15) is 27.1 Å². The number of imidazole rings is 1. The quantitative estimate of drug-likeness (QED) is 0.140. The smallest absolute Gasteiger partial charge is 0.435 e. The van der Waals surface area contributed by atoms with E-state index in [1.54, 1.807) is 43.9 Å². The molecule has 0 aliphatic carbocycles. The Morgan fingerprint density at radius 1 is 1.23 bits per heavy atom. The molecule has 0 saturated carbocycles. The zero-order valence-corrected chi connectivity index (χ0v) is 24.1. The van der Waals surface area contributed by atoms with Crippen LogP contribution in [0.25, 0.3) is 11.1 Å². The number of halogens is 5. The van der Waals surface area contributed by atoms with Crippen LogP contribution < -0.4 is 5.62 Å². The van der Waals surface area contributed by atoms with Crippen LogP contribution in [0.5, 0.6) is 0 Å². The number of carbonyl (C=O) groups excluding carboxylic acids is 1. The average Bonchev–Trinajstić information content (AvgIpc) is 3.57. The molecule has 4 rings (SSSR count). The molecule has 3 heterocycles. The number of aryl methyl sites for hydroxylation is 1. The highest BCUT2D eigenvalue weighted by Crippen LogP contribution is 2.40. The Bertz CT molecular complexity index is 1650. The van der Waals surface area contributed by atoms with Gasteiger partial charge in [0, 0.05) is 48.9 Å². The number of allylic oxidation sites excluding steroid dienone is 2. The van der Waals surface area contributed by atoms with E-state index in [1.165, 1.54) is 34.8 Å². The van der Waals surface area contributed by atoms with Crippen molar-refractivity contribution in [1.29, 1.82) is 5.41 Å². The summed E-state index contributed by atoms with van der Waals surface area (Å²) in [5.41, 5.74) is -0.206. The molecule has 1 atom stereocenters. The van der Waals surface area contributed by atoms with Crippen LogP contribution in [0.2, 0.25) is 0 Å². The van der Waals surface area contributed by atoms with Crippen LogP contribution in [0.3, 0.4) is 0 Å². The van der Waals surface area contributed by atoms with Crippen molar-refractivity contribution >= 4 is 12.6 Å². The highest BCUT2D eigenvalue weighted by molar-refractivity contribution is 5.99. The minimum Gasteiger partial charge on any atom is -0.497 e. The molecule has 3 aromatic rings. The first-order valence-electron chi connectivity index (χ1n) is 13.4. The van der Waals surface area contributed by atoms with E-state index in [2.05, 4.69) is 16.8 Å². The molecule has 1 N–H and O–H groups in total. The van der Waals surface area contributed by atoms with E-state index >= 15 is 0 Å². The number of hydrogen-bond donors (Lipinski definition) is 1. The maximum absolute atomic E-state index is 14.1. The van der Waals surface area contributed by atoms with Crippen molar-refractivity contribution in [2.24, 2.45) is 4.99 Å². The van der Waals surface area contributed by atoms with E-state index in [-0.39, 0.29) is 42.7 Å². The summed E-state index contributed by atoms with van der Waals surface area (Å²) >= 11 is 0. The fourth-order valence-electron chi connectivity index (χ4n) is 5.16. The zero-order chi connectivity index (χ0) is 31.6. The second kappa shape index (κ2) is 12.4. The van der Waals surface area contributed by atoms with E-state index in [1.807, 2.05) is 0 Å². The molecule has 1 amide bonds. The monoisotopic (exact) mass is 605 g/mol. The highest BCUT2D eigenvalue weighted by Gasteiger charge is 2.39. The first-order chi connectivity index (χ1) is 20.3. The molecule has 0 saturated heterocycles. The number of fused-ring (bicyclic) bond motifs is 1. The Morgan fingerprint density at radius 3 is 2.49 bits per heavy atom. The second-order valence-corrected chi connectivity index (χ2v) is 9.90. The average molecular weight is 606 g/mol. The second-order valence-electron chi connectivity index (χ2n) is 9.90. The van der Waals surface area contributed by atoms with E-state index in [0.29, 0.717) is 27.2 Å². The zero-order valence-electron chi connectivity index (χ0n) is 24.1. The van der Waals surface area contributed by atoms with Crippen LogP contribution in [0.4, 0.5) is 22.0 Å². The van der Waals surface area contributed by atoms with Gasteiger partial charge in [0.05, 0.1) is 25.4 Å². The maximum Gasteiger partial charge on any atom is 0.435 e. The summed E-state index contributed by atoms with van der Waals surface area (Å²) in [4.78, 5) is 19.6. The van der Waals surface area contributed by atoms with E-state index in [0.717, 1.165) is 6.20 Å². The first-order valence-corrected chi connectivity index (χ1v) is 13.4. The largest absolute Gasteiger partial charge is 0.497 e. The molecule has 1 aliphatic rings. The third-order valence-corrected chi connectivity index (χ3v) is 7.42. The minimum atomic E-state index is -4.77. The molecular formula is C29H32F5N7O2. The van der Waals surface area contributed by atoms with Crippen molar-refractivity contribution in [2.75, 3.05) is 13.7 Å². The fraction of sp³-hybridized carbons (Fsp3) is 0.379. The number of benzene rings is 1. The van der Waals surface area contributed by atoms with Gasteiger partial charge in [-0.05, 0) is 68.8 Å². The van der Waals surface area contributed by atoms with Crippen molar-refractivity contribution in [3.63, 3.8) is 0 Å². The number of rotatable bonds is 10. The van der Waals surface area contributed by atoms with Crippen molar-refractivity contribution in [1.82, 2.24) is 23.8 Å². The number of ether oxygens (including phenoxy) is 1. The highest BCUT2D eigenvalue weighted by atomic mass is 19.4. The Hall–Kier alpha value is -4.49. The third-order valence-electron chi connectivity index (χ3n) is 7.42. The number of aliphatic imine (C=N–C) groups is 1. The summed E-state index contributed by atoms with van der Waals surface area (Å²) in [6.45, 7) is 6.12. The van der Waals surface area contributed by atoms with Gasteiger partial charge in [-0.25, -0.2) is 0 Å². The lowest BCUT2D eigenvalue weighted by Crippen LogP contribution is -2.44. The molecule has 9 nitrogen and oxygen atoms in total. The lowest BCUT2D eigenvalue weighted by molar-refractivity contribution is -0.141. The number of carbonyl (C=O) groups is 1. The third kappa shape index (κ3) is 6.18. The molecule has 230 valence electrons. The SMILES string of the molecule is C=N/C(=C\C(=C/C)OC)[C@H](C)N1CCc2c(cc(Cn3ccn(C(F)F)c3=N)cc2-c2cn(CC)nc2C(F)(F)F)C1=O. The van der Waals surface area contributed by atoms with Crippen molar-refractivity contribution in [3.8, 4) is 11.1 Å². The normalized spacial score (nSPS) is 15.2. The molecule has 0 spiro atoms. The predicted molar refractivity (Wildman–Crippen MR) is 150 cm³/mol. The first kappa shape index (κ1) is 31.4.